The third kappa shape index (κ3) is 2.06. The van der Waals surface area contributed by atoms with Crippen molar-refractivity contribution < 1.29 is 4.39 Å². The minimum absolute atomic E-state index is 0.279. The second-order valence-corrected chi connectivity index (χ2v) is 4.85. The fourth-order valence-corrected chi connectivity index (χ4v) is 2.35. The molecule has 5 heteroatoms. The fraction of sp³-hybridized carbons (Fsp3) is 0.0667. The Labute approximate surface area is 120 Å². The van der Waals surface area contributed by atoms with Crippen LogP contribution in [0, 0.1) is 17.5 Å². The third-order valence-electron chi connectivity index (χ3n) is 3.12. The van der Waals surface area contributed by atoms with Crippen molar-refractivity contribution in [2.45, 2.75) is 6.92 Å². The Kier molecular flexibility index (Phi) is 3.20. The van der Waals surface area contributed by atoms with E-state index in [1.807, 2.05) is 30.3 Å². The van der Waals surface area contributed by atoms with E-state index in [1.165, 1.54) is 0 Å². The van der Waals surface area contributed by atoms with Crippen LogP contribution < -0.4 is 0 Å². The van der Waals surface area contributed by atoms with Crippen molar-refractivity contribution in [1.82, 2.24) is 14.8 Å². The summed E-state index contributed by atoms with van der Waals surface area (Å²) in [5, 5.41) is 6.90. The van der Waals surface area contributed by atoms with Crippen molar-refractivity contribution in [2.24, 2.45) is 0 Å². The first-order chi connectivity index (χ1) is 9.68. The first-order valence-electron chi connectivity index (χ1n) is 6.17. The molecule has 0 atom stereocenters. The molecule has 100 valence electrons. The van der Waals surface area contributed by atoms with E-state index < -0.39 is 0 Å². The van der Waals surface area contributed by atoms with Gasteiger partial charge in [-0.05, 0) is 42.9 Å². The predicted molar refractivity (Wildman–Crippen MR) is 78.9 cm³/mol. The summed E-state index contributed by atoms with van der Waals surface area (Å²) in [7, 11) is 0. The van der Waals surface area contributed by atoms with Crippen LogP contribution in [0.1, 0.15) is 5.56 Å². The molecular formula is C15H12FN3S. The zero-order valence-corrected chi connectivity index (χ0v) is 11.6. The average Bonchev–Trinajstić information content (AvgIpc) is 2.84. The van der Waals surface area contributed by atoms with Gasteiger partial charge < -0.3 is 0 Å². The van der Waals surface area contributed by atoms with E-state index in [-0.39, 0.29) is 5.82 Å². The van der Waals surface area contributed by atoms with Crippen molar-refractivity contribution in [2.75, 3.05) is 0 Å². The number of nitrogens with zero attached hydrogens (tertiary/aromatic N) is 2. The fourth-order valence-electron chi connectivity index (χ4n) is 2.11. The van der Waals surface area contributed by atoms with E-state index in [0.717, 1.165) is 5.69 Å². The predicted octanol–water partition coefficient (Wildman–Crippen LogP) is 4.04. The normalized spacial score (nSPS) is 10.7. The molecule has 1 N–H and O–H groups in total. The summed E-state index contributed by atoms with van der Waals surface area (Å²) in [6.07, 6.45) is 0. The van der Waals surface area contributed by atoms with Gasteiger partial charge in [0.1, 0.15) is 5.82 Å². The van der Waals surface area contributed by atoms with Gasteiger partial charge in [-0.1, -0.05) is 30.3 Å². The van der Waals surface area contributed by atoms with Crippen LogP contribution in [0.3, 0.4) is 0 Å². The van der Waals surface area contributed by atoms with Gasteiger partial charge >= 0.3 is 0 Å². The molecule has 1 aromatic heterocycles. The molecule has 3 aromatic rings. The van der Waals surface area contributed by atoms with Crippen molar-refractivity contribution in [3.8, 4) is 17.1 Å². The number of nitrogens with one attached hydrogen (secondary N) is 1. The second kappa shape index (κ2) is 5.02. The van der Waals surface area contributed by atoms with Crippen LogP contribution in [0.25, 0.3) is 17.1 Å². The van der Waals surface area contributed by atoms with Gasteiger partial charge in [0.2, 0.25) is 0 Å². The Morgan fingerprint density at radius 1 is 1.10 bits per heavy atom. The van der Waals surface area contributed by atoms with E-state index in [4.69, 9.17) is 12.2 Å². The van der Waals surface area contributed by atoms with Crippen molar-refractivity contribution in [3.05, 3.63) is 64.7 Å². The maximum atomic E-state index is 14.3. The SMILES string of the molecule is Cc1cccc(-c2n[nH]c(=S)n2-c2ccccc2)c1F. The molecule has 20 heavy (non-hydrogen) atoms. The van der Waals surface area contributed by atoms with Crippen LogP contribution in [0.15, 0.2) is 48.5 Å². The van der Waals surface area contributed by atoms with Crippen molar-refractivity contribution in [3.63, 3.8) is 0 Å². The molecule has 0 aliphatic carbocycles. The number of aromatic nitrogens is 3. The molecule has 0 amide bonds. The number of benzene rings is 2. The standard InChI is InChI=1S/C15H12FN3S/c1-10-6-5-9-12(13(10)16)14-17-18-15(20)19(14)11-7-3-2-4-8-11/h2-9H,1H3,(H,18,20). The number of aromatic amines is 1. The lowest BCUT2D eigenvalue weighted by Crippen LogP contribution is -1.99. The molecule has 0 saturated carbocycles. The molecule has 0 radical (unpaired) electrons. The van der Waals surface area contributed by atoms with Gasteiger partial charge in [0.25, 0.3) is 0 Å². The highest BCUT2D eigenvalue weighted by molar-refractivity contribution is 7.71. The first kappa shape index (κ1) is 12.7. The van der Waals surface area contributed by atoms with Gasteiger partial charge in [-0.3, -0.25) is 9.67 Å². The molecule has 0 aliphatic rings. The molecular weight excluding hydrogens is 273 g/mol. The summed E-state index contributed by atoms with van der Waals surface area (Å²) in [4.78, 5) is 0. The number of aryl methyl sites for hydroxylation is 1. The van der Waals surface area contributed by atoms with Crippen LogP contribution in [0.5, 0.6) is 0 Å². The largest absolute Gasteiger partial charge is 0.268 e. The van der Waals surface area contributed by atoms with E-state index in [1.54, 1.807) is 29.7 Å². The molecule has 0 aliphatic heterocycles. The second-order valence-electron chi connectivity index (χ2n) is 4.46. The van der Waals surface area contributed by atoms with E-state index in [0.29, 0.717) is 21.7 Å². The van der Waals surface area contributed by atoms with Crippen LogP contribution in [0.2, 0.25) is 0 Å². The lowest BCUT2D eigenvalue weighted by Gasteiger charge is -2.08. The van der Waals surface area contributed by atoms with E-state index in [9.17, 15) is 4.39 Å². The molecule has 3 nitrogen and oxygen atoms in total. The molecule has 0 unspecified atom stereocenters. The van der Waals surface area contributed by atoms with Gasteiger partial charge in [0, 0.05) is 5.69 Å². The lowest BCUT2D eigenvalue weighted by atomic mass is 10.1. The minimum atomic E-state index is -0.279. The smallest absolute Gasteiger partial charge is 0.200 e. The van der Waals surface area contributed by atoms with Crippen LogP contribution in [0.4, 0.5) is 4.39 Å². The van der Waals surface area contributed by atoms with Crippen molar-refractivity contribution in [1.29, 1.82) is 0 Å². The number of rotatable bonds is 2. The van der Waals surface area contributed by atoms with Gasteiger partial charge in [0.05, 0.1) is 5.56 Å². The minimum Gasteiger partial charge on any atom is -0.268 e. The van der Waals surface area contributed by atoms with E-state index >= 15 is 0 Å². The molecule has 0 bridgehead atoms. The number of H-pyrrole nitrogens is 1. The van der Waals surface area contributed by atoms with Gasteiger partial charge in [0.15, 0.2) is 10.6 Å². The Morgan fingerprint density at radius 3 is 2.60 bits per heavy atom. The highest BCUT2D eigenvalue weighted by atomic mass is 32.1. The van der Waals surface area contributed by atoms with Gasteiger partial charge in [-0.15, -0.1) is 0 Å². The van der Waals surface area contributed by atoms with Gasteiger partial charge in [-0.2, -0.15) is 5.10 Å². The molecule has 1 heterocycles. The lowest BCUT2D eigenvalue weighted by molar-refractivity contribution is 0.620. The summed E-state index contributed by atoms with van der Waals surface area (Å²) in [5.74, 6) is 0.195. The maximum absolute atomic E-state index is 14.3. The summed E-state index contributed by atoms with van der Waals surface area (Å²) >= 11 is 5.25. The molecule has 0 saturated heterocycles. The summed E-state index contributed by atoms with van der Waals surface area (Å²) < 4.78 is 16.5. The molecule has 0 fully saturated rings. The van der Waals surface area contributed by atoms with Gasteiger partial charge in [-0.25, -0.2) is 4.39 Å². The molecule has 0 spiro atoms. The summed E-state index contributed by atoms with van der Waals surface area (Å²) in [6.45, 7) is 1.73. The number of hydrogen-bond donors (Lipinski definition) is 1. The molecule has 2 aromatic carbocycles. The maximum Gasteiger partial charge on any atom is 0.200 e. The highest BCUT2D eigenvalue weighted by Crippen LogP contribution is 2.25. The van der Waals surface area contributed by atoms with Crippen LogP contribution >= 0.6 is 12.2 Å². The zero-order chi connectivity index (χ0) is 14.1. The zero-order valence-electron chi connectivity index (χ0n) is 10.8. The monoisotopic (exact) mass is 285 g/mol. The Bertz CT molecular complexity index is 805. The van der Waals surface area contributed by atoms with Crippen LogP contribution in [-0.4, -0.2) is 14.8 Å². The quantitative estimate of drug-likeness (QED) is 0.721. The first-order valence-corrected chi connectivity index (χ1v) is 6.57. The topological polar surface area (TPSA) is 33.6 Å². The highest BCUT2D eigenvalue weighted by Gasteiger charge is 2.15. The number of halogens is 1. The Balaban J connectivity index is 2.27. The summed E-state index contributed by atoms with van der Waals surface area (Å²) in [6, 6.07) is 14.8. The number of para-hydroxylation sites is 1. The number of hydrogen-bond acceptors (Lipinski definition) is 2. The van der Waals surface area contributed by atoms with E-state index in [2.05, 4.69) is 10.2 Å². The van der Waals surface area contributed by atoms with Crippen LogP contribution in [-0.2, 0) is 0 Å². The Morgan fingerprint density at radius 2 is 1.85 bits per heavy atom. The average molecular weight is 285 g/mol. The van der Waals surface area contributed by atoms with Crippen molar-refractivity contribution >= 4 is 12.2 Å². The summed E-state index contributed by atoms with van der Waals surface area (Å²) in [5.41, 5.74) is 1.86. The third-order valence-corrected chi connectivity index (χ3v) is 3.39. The molecule has 3 rings (SSSR count). The Hall–Kier alpha value is -2.27.